The van der Waals surface area contributed by atoms with Crippen LogP contribution in [0.25, 0.3) is 0 Å². The van der Waals surface area contributed by atoms with Crippen molar-refractivity contribution in [3.05, 3.63) is 29.1 Å². The molecule has 1 rings (SSSR count). The first-order valence-electron chi connectivity index (χ1n) is 12.2. The van der Waals surface area contributed by atoms with E-state index in [1.54, 1.807) is 0 Å². The number of unbranched alkanes of at least 4 members (excludes halogenated alkanes) is 14. The van der Waals surface area contributed by atoms with Crippen LogP contribution in [0.3, 0.4) is 0 Å². The molecule has 0 bridgehead atoms. The predicted octanol–water partition coefficient (Wildman–Crippen LogP) is 8.76. The van der Waals surface area contributed by atoms with Crippen LogP contribution >= 0.6 is 0 Å². The molecule has 0 N–H and O–H groups in total. The fraction of sp³-hybridized carbons (Fsp3) is 0.808. The molecule has 0 aliphatic heterocycles. The van der Waals surface area contributed by atoms with Crippen LogP contribution < -0.4 is 0 Å². The molecule has 0 saturated carbocycles. The van der Waals surface area contributed by atoms with Crippen molar-refractivity contribution in [2.45, 2.75) is 136 Å². The summed E-state index contributed by atoms with van der Waals surface area (Å²) >= 11 is 0. The van der Waals surface area contributed by atoms with E-state index in [9.17, 15) is 0 Å². The van der Waals surface area contributed by atoms with Gasteiger partial charge in [-0.05, 0) is 50.3 Å². The predicted molar refractivity (Wildman–Crippen MR) is 122 cm³/mol. The van der Waals surface area contributed by atoms with E-state index in [4.69, 9.17) is 4.98 Å². The first-order valence-corrected chi connectivity index (χ1v) is 12.2. The average molecular weight is 374 g/mol. The lowest BCUT2D eigenvalue weighted by Gasteiger charge is -2.08. The van der Waals surface area contributed by atoms with Gasteiger partial charge in [0.25, 0.3) is 0 Å². The van der Waals surface area contributed by atoms with Crippen LogP contribution in [0.4, 0.5) is 0 Å². The van der Waals surface area contributed by atoms with E-state index in [0.29, 0.717) is 0 Å². The first-order chi connectivity index (χ1) is 13.3. The summed E-state index contributed by atoms with van der Waals surface area (Å²) < 4.78 is 0. The van der Waals surface area contributed by atoms with E-state index in [0.717, 1.165) is 0 Å². The Balaban J connectivity index is 2.14. The number of aryl methyl sites for hydroxylation is 3. The highest BCUT2D eigenvalue weighted by Gasteiger charge is 2.02. The quantitative estimate of drug-likeness (QED) is 0.234. The third-order valence-corrected chi connectivity index (χ3v) is 5.65. The maximum absolute atomic E-state index is 4.95. The minimum atomic E-state index is 1.17. The molecule has 0 amide bonds. The Bertz CT molecular complexity index is 413. The molecule has 1 aromatic rings. The monoisotopic (exact) mass is 373 g/mol. The Hall–Kier alpha value is -0.850. The molecule has 0 spiro atoms. The van der Waals surface area contributed by atoms with E-state index < -0.39 is 0 Å². The molecule has 1 aromatic heterocycles. The van der Waals surface area contributed by atoms with Gasteiger partial charge < -0.3 is 0 Å². The van der Waals surface area contributed by atoms with Crippen molar-refractivity contribution in [2.75, 3.05) is 0 Å². The second-order valence-electron chi connectivity index (χ2n) is 8.58. The van der Waals surface area contributed by atoms with Crippen molar-refractivity contribution in [3.63, 3.8) is 0 Å². The highest BCUT2D eigenvalue weighted by atomic mass is 14.7. The first kappa shape index (κ1) is 24.2. The minimum Gasteiger partial charge on any atom is -0.258 e. The lowest BCUT2D eigenvalue weighted by Crippen LogP contribution is -1.98. The molecule has 0 unspecified atom stereocenters. The van der Waals surface area contributed by atoms with E-state index in [1.165, 1.54) is 133 Å². The van der Waals surface area contributed by atoms with Crippen molar-refractivity contribution in [1.29, 1.82) is 0 Å². The second-order valence-corrected chi connectivity index (χ2v) is 8.58. The fourth-order valence-corrected chi connectivity index (χ4v) is 3.95. The van der Waals surface area contributed by atoms with Crippen LogP contribution in [-0.4, -0.2) is 4.98 Å². The SMILES string of the molecule is CCCCCCCCCCc1cc(C)cc(CCCCCCCCCC)n1. The maximum atomic E-state index is 4.95. The number of rotatable bonds is 18. The average Bonchev–Trinajstić information content (AvgIpc) is 2.65. The summed E-state index contributed by atoms with van der Waals surface area (Å²) in [4.78, 5) is 4.95. The molecule has 0 aromatic carbocycles. The Morgan fingerprint density at radius 2 is 0.852 bits per heavy atom. The molecule has 1 heterocycles. The minimum absolute atomic E-state index is 1.17. The summed E-state index contributed by atoms with van der Waals surface area (Å²) in [7, 11) is 0. The summed E-state index contributed by atoms with van der Waals surface area (Å²) in [6.45, 7) is 6.81. The molecular formula is C26H47N. The molecule has 1 heteroatoms. The highest BCUT2D eigenvalue weighted by Crippen LogP contribution is 2.15. The summed E-state index contributed by atoms with van der Waals surface area (Å²) in [5.74, 6) is 0. The van der Waals surface area contributed by atoms with Crippen molar-refractivity contribution in [1.82, 2.24) is 4.98 Å². The van der Waals surface area contributed by atoms with Crippen LogP contribution in [-0.2, 0) is 12.8 Å². The number of hydrogen-bond donors (Lipinski definition) is 0. The standard InChI is InChI=1S/C26H47N/c1-4-6-8-10-12-14-16-18-20-25-22-24(3)23-26(27-25)21-19-17-15-13-11-9-7-5-2/h22-23H,4-21H2,1-3H3. The van der Waals surface area contributed by atoms with Crippen LogP contribution in [0.1, 0.15) is 134 Å². The van der Waals surface area contributed by atoms with Gasteiger partial charge in [0.15, 0.2) is 0 Å². The van der Waals surface area contributed by atoms with E-state index in [1.807, 2.05) is 0 Å². The van der Waals surface area contributed by atoms with Crippen molar-refractivity contribution < 1.29 is 0 Å². The van der Waals surface area contributed by atoms with Gasteiger partial charge in [-0.2, -0.15) is 0 Å². The van der Waals surface area contributed by atoms with Crippen molar-refractivity contribution in [2.24, 2.45) is 0 Å². The fourth-order valence-electron chi connectivity index (χ4n) is 3.95. The number of aromatic nitrogens is 1. The molecular weight excluding hydrogens is 326 g/mol. The van der Waals surface area contributed by atoms with Gasteiger partial charge in [-0.25, -0.2) is 0 Å². The molecule has 0 aliphatic carbocycles. The summed E-state index contributed by atoms with van der Waals surface area (Å²) in [6, 6.07) is 4.61. The lowest BCUT2D eigenvalue weighted by atomic mass is 10.0. The van der Waals surface area contributed by atoms with E-state index in [-0.39, 0.29) is 0 Å². The molecule has 0 radical (unpaired) electrons. The molecule has 1 nitrogen and oxygen atoms in total. The number of pyridine rings is 1. The van der Waals surface area contributed by atoms with Gasteiger partial charge in [-0.15, -0.1) is 0 Å². The van der Waals surface area contributed by atoms with Gasteiger partial charge in [0.05, 0.1) is 0 Å². The number of nitrogens with zero attached hydrogens (tertiary/aromatic N) is 1. The van der Waals surface area contributed by atoms with Crippen LogP contribution in [0.15, 0.2) is 12.1 Å². The zero-order valence-corrected chi connectivity index (χ0v) is 18.8. The zero-order chi connectivity index (χ0) is 19.6. The van der Waals surface area contributed by atoms with E-state index >= 15 is 0 Å². The van der Waals surface area contributed by atoms with Crippen LogP contribution in [0.5, 0.6) is 0 Å². The molecule has 0 saturated heterocycles. The highest BCUT2D eigenvalue weighted by molar-refractivity contribution is 5.20. The van der Waals surface area contributed by atoms with Gasteiger partial charge in [-0.3, -0.25) is 4.98 Å². The summed E-state index contributed by atoms with van der Waals surface area (Å²) in [5.41, 5.74) is 4.06. The third kappa shape index (κ3) is 13.9. The van der Waals surface area contributed by atoms with Gasteiger partial charge in [0, 0.05) is 11.4 Å². The lowest BCUT2D eigenvalue weighted by molar-refractivity contribution is 0.570. The normalized spacial score (nSPS) is 11.2. The van der Waals surface area contributed by atoms with Gasteiger partial charge in [0.2, 0.25) is 0 Å². The largest absolute Gasteiger partial charge is 0.258 e. The maximum Gasteiger partial charge on any atom is 0.0409 e. The molecule has 0 atom stereocenters. The second kappa shape index (κ2) is 17.3. The Morgan fingerprint density at radius 1 is 0.519 bits per heavy atom. The molecule has 0 aliphatic rings. The van der Waals surface area contributed by atoms with Gasteiger partial charge in [0.1, 0.15) is 0 Å². The van der Waals surface area contributed by atoms with E-state index in [2.05, 4.69) is 32.9 Å². The third-order valence-electron chi connectivity index (χ3n) is 5.65. The Morgan fingerprint density at radius 3 is 1.22 bits per heavy atom. The number of hydrogen-bond acceptors (Lipinski definition) is 1. The van der Waals surface area contributed by atoms with Crippen molar-refractivity contribution >= 4 is 0 Å². The topological polar surface area (TPSA) is 12.9 Å². The Kier molecular flexibility index (Phi) is 15.5. The Labute approximate surface area is 170 Å². The summed E-state index contributed by atoms with van der Waals surface area (Å²) in [6.07, 6.45) is 24.6. The van der Waals surface area contributed by atoms with Gasteiger partial charge in [-0.1, -0.05) is 104 Å². The summed E-state index contributed by atoms with van der Waals surface area (Å²) in [5, 5.41) is 0. The van der Waals surface area contributed by atoms with Crippen LogP contribution in [0, 0.1) is 6.92 Å². The molecule has 156 valence electrons. The van der Waals surface area contributed by atoms with Crippen LogP contribution in [0.2, 0.25) is 0 Å². The molecule has 0 fully saturated rings. The molecule has 27 heavy (non-hydrogen) atoms. The van der Waals surface area contributed by atoms with Crippen molar-refractivity contribution in [3.8, 4) is 0 Å². The van der Waals surface area contributed by atoms with Gasteiger partial charge >= 0.3 is 0 Å². The zero-order valence-electron chi connectivity index (χ0n) is 18.8. The smallest absolute Gasteiger partial charge is 0.0409 e.